The number of cyclic esters (lactones) is 2. The Balaban J connectivity index is 0.000000221. The van der Waals surface area contributed by atoms with Crippen molar-refractivity contribution in [3.05, 3.63) is 167 Å². The third-order valence-corrected chi connectivity index (χ3v) is 11.1. The molecular formula is C47H52F2N2O7. The summed E-state index contributed by atoms with van der Waals surface area (Å²) in [5.74, 6) is -1.07. The molecule has 2 aliphatic heterocycles. The van der Waals surface area contributed by atoms with Crippen LogP contribution in [0.1, 0.15) is 104 Å². The maximum Gasteiger partial charge on any atom is 0.411 e. The molecule has 0 aliphatic carbocycles. The predicted molar refractivity (Wildman–Crippen MR) is 218 cm³/mol. The van der Waals surface area contributed by atoms with Gasteiger partial charge in [-0.15, -0.1) is 13.2 Å². The van der Waals surface area contributed by atoms with Gasteiger partial charge in [-0.1, -0.05) is 72.8 Å². The fourth-order valence-electron chi connectivity index (χ4n) is 7.49. The highest BCUT2D eigenvalue weighted by atomic mass is 19.1. The van der Waals surface area contributed by atoms with Gasteiger partial charge >= 0.3 is 18.2 Å². The number of amides is 2. The molecule has 0 unspecified atom stereocenters. The van der Waals surface area contributed by atoms with Gasteiger partial charge in [0.05, 0.1) is 30.4 Å². The van der Waals surface area contributed by atoms with Crippen LogP contribution in [0.15, 0.2) is 122 Å². The summed E-state index contributed by atoms with van der Waals surface area (Å²) in [4.78, 5) is 40.8. The van der Waals surface area contributed by atoms with Crippen molar-refractivity contribution in [1.29, 1.82) is 0 Å². The minimum absolute atomic E-state index is 0.173. The van der Waals surface area contributed by atoms with Crippen molar-refractivity contribution < 1.29 is 42.5 Å². The Bertz CT molecular complexity index is 2060. The highest BCUT2D eigenvalue weighted by Crippen LogP contribution is 2.41. The number of methoxy groups -OCH3 is 1. The van der Waals surface area contributed by atoms with Crippen LogP contribution in [-0.4, -0.2) is 53.3 Å². The van der Waals surface area contributed by atoms with Gasteiger partial charge in [0.1, 0.15) is 22.8 Å². The zero-order valence-electron chi connectivity index (χ0n) is 33.8. The van der Waals surface area contributed by atoms with Crippen LogP contribution in [0, 0.1) is 11.6 Å². The SMILES string of the molecule is C=CC[C@]1(c2ccc(F)cc2)CCN([C@@H](C)c2ccc(C(=O)OC)cc2)C(=O)O1.C=CC[C@]1(c2ccc(F)cc2)CCN([C@@H](C)c2ccc(C(C)(C)O)cc2)C(=O)O1. The highest BCUT2D eigenvalue weighted by molar-refractivity contribution is 5.89. The molecule has 4 atom stereocenters. The molecule has 0 bridgehead atoms. The number of ether oxygens (including phenoxy) is 3. The second kappa shape index (κ2) is 18.2. The molecule has 0 radical (unpaired) electrons. The first kappa shape index (κ1) is 43.3. The van der Waals surface area contributed by atoms with E-state index in [0.29, 0.717) is 44.3 Å². The molecular weight excluding hydrogens is 743 g/mol. The monoisotopic (exact) mass is 794 g/mol. The summed E-state index contributed by atoms with van der Waals surface area (Å²) in [5.41, 5.74) is 2.05. The topological polar surface area (TPSA) is 106 Å². The fourth-order valence-corrected chi connectivity index (χ4v) is 7.49. The normalized spacial score (nSPS) is 20.4. The minimum Gasteiger partial charge on any atom is -0.465 e. The number of halogens is 2. The van der Waals surface area contributed by atoms with Crippen LogP contribution >= 0.6 is 0 Å². The number of rotatable bonds is 12. The second-order valence-electron chi connectivity index (χ2n) is 15.3. The Morgan fingerprint density at radius 1 is 0.741 bits per heavy atom. The van der Waals surface area contributed by atoms with Crippen LogP contribution in [0.2, 0.25) is 0 Å². The molecule has 11 heteroatoms. The van der Waals surface area contributed by atoms with Crippen molar-refractivity contribution in [2.24, 2.45) is 0 Å². The van der Waals surface area contributed by atoms with Gasteiger partial charge < -0.3 is 29.1 Å². The third kappa shape index (κ3) is 9.65. The van der Waals surface area contributed by atoms with Crippen molar-refractivity contribution in [3.8, 4) is 0 Å². The van der Waals surface area contributed by atoms with Gasteiger partial charge in [0, 0.05) is 38.8 Å². The molecule has 2 heterocycles. The molecule has 0 aromatic heterocycles. The molecule has 2 fully saturated rings. The Kier molecular flexibility index (Phi) is 13.6. The molecule has 4 aromatic rings. The van der Waals surface area contributed by atoms with Crippen LogP contribution in [0.3, 0.4) is 0 Å². The number of benzene rings is 4. The van der Waals surface area contributed by atoms with E-state index < -0.39 is 35.0 Å². The van der Waals surface area contributed by atoms with Crippen LogP contribution in [0.4, 0.5) is 18.4 Å². The number of hydrogen-bond acceptors (Lipinski definition) is 7. The Morgan fingerprint density at radius 3 is 1.45 bits per heavy atom. The lowest BCUT2D eigenvalue weighted by Gasteiger charge is -2.43. The van der Waals surface area contributed by atoms with Crippen molar-refractivity contribution in [1.82, 2.24) is 9.80 Å². The van der Waals surface area contributed by atoms with E-state index >= 15 is 0 Å². The lowest BCUT2D eigenvalue weighted by molar-refractivity contribution is -0.0595. The van der Waals surface area contributed by atoms with Crippen LogP contribution < -0.4 is 0 Å². The Hall–Kier alpha value is -5.81. The number of carbonyl (C=O) groups is 3. The molecule has 0 saturated carbocycles. The summed E-state index contributed by atoms with van der Waals surface area (Å²) >= 11 is 0. The highest BCUT2D eigenvalue weighted by Gasteiger charge is 2.44. The van der Waals surface area contributed by atoms with E-state index in [1.165, 1.54) is 31.4 Å². The summed E-state index contributed by atoms with van der Waals surface area (Å²) in [6.07, 6.45) is 4.65. The minimum atomic E-state index is -0.911. The van der Waals surface area contributed by atoms with Gasteiger partial charge in [0.25, 0.3) is 0 Å². The number of hydrogen-bond donors (Lipinski definition) is 1. The Labute approximate surface area is 339 Å². The first-order valence-electron chi connectivity index (χ1n) is 19.3. The average Bonchev–Trinajstić information content (AvgIpc) is 3.21. The van der Waals surface area contributed by atoms with Crippen LogP contribution in [-0.2, 0) is 31.0 Å². The summed E-state index contributed by atoms with van der Waals surface area (Å²) in [5, 5.41) is 10.1. The lowest BCUT2D eigenvalue weighted by atomic mass is 9.85. The maximum absolute atomic E-state index is 13.3. The van der Waals surface area contributed by atoms with Crippen molar-refractivity contribution in [2.45, 2.75) is 82.3 Å². The molecule has 1 N–H and O–H groups in total. The molecule has 2 aliphatic rings. The summed E-state index contributed by atoms with van der Waals surface area (Å²) in [6, 6.07) is 26.3. The second-order valence-corrected chi connectivity index (χ2v) is 15.3. The van der Waals surface area contributed by atoms with E-state index in [2.05, 4.69) is 13.2 Å². The van der Waals surface area contributed by atoms with Crippen molar-refractivity contribution in [3.63, 3.8) is 0 Å². The standard InChI is InChI=1S/C24H28FNO3.C23H24FNO4/c1-5-14-24(20-10-12-21(25)13-11-20)15-16-26(22(27)29-24)17(2)18-6-8-19(9-7-18)23(3,4)28;1-4-13-23(19-9-11-20(24)12-10-19)14-15-25(22(27)29-23)16(2)17-5-7-18(8-6-17)21(26)28-3/h5-13,17,28H,1,14-16H2,2-4H3;4-12,16H,1,13-15H2,2-3H3/t17-,24+;16-,23+/m00/s1. The predicted octanol–water partition coefficient (Wildman–Crippen LogP) is 10.4. The van der Waals surface area contributed by atoms with Gasteiger partial charge in [-0.25, -0.2) is 23.2 Å². The average molecular weight is 795 g/mol. The van der Waals surface area contributed by atoms with Crippen LogP contribution in [0.25, 0.3) is 0 Å². The first-order valence-corrected chi connectivity index (χ1v) is 19.3. The molecule has 58 heavy (non-hydrogen) atoms. The molecule has 2 amide bonds. The zero-order chi connectivity index (χ0) is 42.3. The van der Waals surface area contributed by atoms with E-state index in [1.54, 1.807) is 84.3 Å². The smallest absolute Gasteiger partial charge is 0.411 e. The zero-order valence-corrected chi connectivity index (χ0v) is 33.8. The van der Waals surface area contributed by atoms with Crippen molar-refractivity contribution >= 4 is 18.2 Å². The summed E-state index contributed by atoms with van der Waals surface area (Å²) < 4.78 is 43.2. The van der Waals surface area contributed by atoms with E-state index in [1.807, 2.05) is 38.1 Å². The van der Waals surface area contributed by atoms with Gasteiger partial charge in [0.15, 0.2) is 0 Å². The molecule has 0 spiro atoms. The molecule has 306 valence electrons. The van der Waals surface area contributed by atoms with Gasteiger partial charge in [-0.05, 0) is 91.9 Å². The number of carbonyl (C=O) groups excluding carboxylic acids is 3. The molecule has 4 aromatic carbocycles. The number of esters is 1. The van der Waals surface area contributed by atoms with E-state index in [-0.39, 0.29) is 23.7 Å². The quantitative estimate of drug-likeness (QED) is 0.0865. The van der Waals surface area contributed by atoms with E-state index in [9.17, 15) is 28.3 Å². The largest absolute Gasteiger partial charge is 0.465 e. The Morgan fingerprint density at radius 2 is 1.12 bits per heavy atom. The van der Waals surface area contributed by atoms with Gasteiger partial charge in [-0.2, -0.15) is 0 Å². The molecule has 9 nitrogen and oxygen atoms in total. The molecule has 6 rings (SSSR count). The maximum atomic E-state index is 13.3. The number of aliphatic hydroxyl groups is 1. The van der Waals surface area contributed by atoms with Gasteiger partial charge in [0.2, 0.25) is 0 Å². The first-order chi connectivity index (χ1) is 27.6. The third-order valence-electron chi connectivity index (χ3n) is 11.1. The van der Waals surface area contributed by atoms with Gasteiger partial charge in [-0.3, -0.25) is 0 Å². The summed E-state index contributed by atoms with van der Waals surface area (Å²) in [6.45, 7) is 15.9. The van der Waals surface area contributed by atoms with E-state index in [4.69, 9.17) is 14.2 Å². The fraction of sp³-hybridized carbons (Fsp3) is 0.340. The summed E-state index contributed by atoms with van der Waals surface area (Å²) in [7, 11) is 1.33. The molecule has 2 saturated heterocycles. The lowest BCUT2D eigenvalue weighted by Crippen LogP contribution is -2.48. The van der Waals surface area contributed by atoms with E-state index in [0.717, 1.165) is 27.8 Å². The van der Waals surface area contributed by atoms with Crippen molar-refractivity contribution in [2.75, 3.05) is 20.2 Å². The van der Waals surface area contributed by atoms with Crippen LogP contribution in [0.5, 0.6) is 0 Å². The number of nitrogens with zero attached hydrogens (tertiary/aromatic N) is 2.